The summed E-state index contributed by atoms with van der Waals surface area (Å²) in [7, 11) is 1.54. The predicted octanol–water partition coefficient (Wildman–Crippen LogP) is 2.95. The first-order chi connectivity index (χ1) is 13.7. The molecule has 1 atom stereocenters. The monoisotopic (exact) mass is 378 g/mol. The van der Waals surface area contributed by atoms with E-state index in [0.29, 0.717) is 23.5 Å². The lowest BCUT2D eigenvalue weighted by molar-refractivity contribution is -0.123. The Hall–Kier alpha value is -3.54. The average molecular weight is 378 g/mol. The fraction of sp³-hybridized carbons (Fsp3) is 0.182. The van der Waals surface area contributed by atoms with Crippen LogP contribution in [-0.2, 0) is 17.8 Å². The normalized spacial score (nSPS) is 11.5. The SMILES string of the molecule is COc1cccc(C(=O)N[C@@H](Cc2ccccc2)C(=O)NCc2ccco2)c1. The van der Waals surface area contributed by atoms with Crippen LogP contribution in [0.4, 0.5) is 0 Å². The number of amides is 2. The van der Waals surface area contributed by atoms with Gasteiger partial charge in [-0.3, -0.25) is 9.59 Å². The van der Waals surface area contributed by atoms with Crippen molar-refractivity contribution in [1.29, 1.82) is 0 Å². The molecule has 0 saturated carbocycles. The Bertz CT molecular complexity index is 907. The molecular formula is C22H22N2O4. The molecule has 0 unspecified atom stereocenters. The Morgan fingerprint density at radius 2 is 1.86 bits per heavy atom. The van der Waals surface area contributed by atoms with Gasteiger partial charge in [0.1, 0.15) is 17.6 Å². The van der Waals surface area contributed by atoms with Crippen LogP contribution in [0.5, 0.6) is 5.75 Å². The average Bonchev–Trinajstić information content (AvgIpc) is 3.26. The number of nitrogens with one attached hydrogen (secondary N) is 2. The van der Waals surface area contributed by atoms with E-state index in [1.54, 1.807) is 42.7 Å². The number of carbonyl (C=O) groups excluding carboxylic acids is 2. The maximum atomic E-state index is 12.7. The number of hydrogen-bond donors (Lipinski definition) is 2. The molecule has 0 aliphatic heterocycles. The van der Waals surface area contributed by atoms with Crippen molar-refractivity contribution in [2.75, 3.05) is 7.11 Å². The zero-order valence-electron chi connectivity index (χ0n) is 15.6. The highest BCUT2D eigenvalue weighted by Gasteiger charge is 2.22. The molecule has 1 heterocycles. The Labute approximate surface area is 163 Å². The van der Waals surface area contributed by atoms with Gasteiger partial charge in [-0.05, 0) is 35.9 Å². The maximum absolute atomic E-state index is 12.7. The number of rotatable bonds is 8. The third kappa shape index (κ3) is 5.23. The van der Waals surface area contributed by atoms with Crippen molar-refractivity contribution in [3.63, 3.8) is 0 Å². The first-order valence-corrected chi connectivity index (χ1v) is 8.94. The van der Waals surface area contributed by atoms with Crippen LogP contribution in [0, 0.1) is 0 Å². The summed E-state index contributed by atoms with van der Waals surface area (Å²) in [6.07, 6.45) is 1.92. The van der Waals surface area contributed by atoms with Crippen LogP contribution in [0.15, 0.2) is 77.4 Å². The zero-order valence-corrected chi connectivity index (χ0v) is 15.6. The van der Waals surface area contributed by atoms with Gasteiger partial charge in [0.2, 0.25) is 5.91 Å². The molecule has 0 fully saturated rings. The molecule has 6 heteroatoms. The summed E-state index contributed by atoms with van der Waals surface area (Å²) in [4.78, 5) is 25.4. The Morgan fingerprint density at radius 1 is 1.04 bits per heavy atom. The number of methoxy groups -OCH3 is 1. The minimum atomic E-state index is -0.726. The van der Waals surface area contributed by atoms with E-state index in [1.807, 2.05) is 30.3 Å². The van der Waals surface area contributed by atoms with Crippen molar-refractivity contribution in [1.82, 2.24) is 10.6 Å². The molecule has 0 spiro atoms. The highest BCUT2D eigenvalue weighted by molar-refractivity contribution is 5.97. The second-order valence-electron chi connectivity index (χ2n) is 6.24. The number of benzene rings is 2. The van der Waals surface area contributed by atoms with Gasteiger partial charge in [-0.2, -0.15) is 0 Å². The van der Waals surface area contributed by atoms with E-state index < -0.39 is 6.04 Å². The largest absolute Gasteiger partial charge is 0.497 e. The van der Waals surface area contributed by atoms with Crippen LogP contribution < -0.4 is 15.4 Å². The number of carbonyl (C=O) groups is 2. The smallest absolute Gasteiger partial charge is 0.252 e. The molecule has 2 amide bonds. The van der Waals surface area contributed by atoms with Crippen molar-refractivity contribution in [2.45, 2.75) is 19.0 Å². The van der Waals surface area contributed by atoms with E-state index in [9.17, 15) is 9.59 Å². The van der Waals surface area contributed by atoms with Gasteiger partial charge in [-0.25, -0.2) is 0 Å². The van der Waals surface area contributed by atoms with Gasteiger partial charge in [0, 0.05) is 12.0 Å². The third-order valence-corrected chi connectivity index (χ3v) is 4.25. The fourth-order valence-corrected chi connectivity index (χ4v) is 2.78. The van der Waals surface area contributed by atoms with Crippen LogP contribution in [0.3, 0.4) is 0 Å². The van der Waals surface area contributed by atoms with E-state index >= 15 is 0 Å². The van der Waals surface area contributed by atoms with Gasteiger partial charge < -0.3 is 19.8 Å². The van der Waals surface area contributed by atoms with Gasteiger partial charge in [-0.1, -0.05) is 36.4 Å². The van der Waals surface area contributed by atoms with Crippen LogP contribution in [0.2, 0.25) is 0 Å². The highest BCUT2D eigenvalue weighted by atomic mass is 16.5. The predicted molar refractivity (Wildman–Crippen MR) is 105 cm³/mol. The van der Waals surface area contributed by atoms with Crippen molar-refractivity contribution in [3.8, 4) is 5.75 Å². The number of ether oxygens (including phenoxy) is 1. The van der Waals surface area contributed by atoms with E-state index in [0.717, 1.165) is 5.56 Å². The van der Waals surface area contributed by atoms with Gasteiger partial charge in [0.25, 0.3) is 5.91 Å². The summed E-state index contributed by atoms with van der Waals surface area (Å²) in [6, 6.07) is 19.2. The first-order valence-electron chi connectivity index (χ1n) is 8.94. The second-order valence-corrected chi connectivity index (χ2v) is 6.24. The highest BCUT2D eigenvalue weighted by Crippen LogP contribution is 2.13. The molecule has 144 valence electrons. The molecule has 0 radical (unpaired) electrons. The summed E-state index contributed by atoms with van der Waals surface area (Å²) in [5.41, 5.74) is 1.38. The lowest BCUT2D eigenvalue weighted by atomic mass is 10.0. The van der Waals surface area contributed by atoms with Gasteiger partial charge in [0.05, 0.1) is 19.9 Å². The first kappa shape index (κ1) is 19.2. The van der Waals surface area contributed by atoms with Crippen LogP contribution in [-0.4, -0.2) is 25.0 Å². The molecule has 3 rings (SSSR count). The van der Waals surface area contributed by atoms with Gasteiger partial charge >= 0.3 is 0 Å². The Balaban J connectivity index is 1.72. The Morgan fingerprint density at radius 3 is 2.57 bits per heavy atom. The molecule has 6 nitrogen and oxygen atoms in total. The maximum Gasteiger partial charge on any atom is 0.252 e. The molecule has 1 aromatic heterocycles. The summed E-state index contributed by atoms with van der Waals surface area (Å²) < 4.78 is 10.4. The van der Waals surface area contributed by atoms with Gasteiger partial charge in [-0.15, -0.1) is 0 Å². The Kier molecular flexibility index (Phi) is 6.46. The minimum absolute atomic E-state index is 0.256. The molecule has 0 bridgehead atoms. The lowest BCUT2D eigenvalue weighted by Crippen LogP contribution is -2.47. The molecule has 0 saturated heterocycles. The van der Waals surface area contributed by atoms with Gasteiger partial charge in [0.15, 0.2) is 0 Å². The topological polar surface area (TPSA) is 80.6 Å². The zero-order chi connectivity index (χ0) is 19.8. The third-order valence-electron chi connectivity index (χ3n) is 4.25. The molecule has 2 N–H and O–H groups in total. The van der Waals surface area contributed by atoms with Crippen molar-refractivity contribution in [3.05, 3.63) is 89.9 Å². The van der Waals surface area contributed by atoms with E-state index in [2.05, 4.69) is 10.6 Å². The van der Waals surface area contributed by atoms with Crippen molar-refractivity contribution < 1.29 is 18.7 Å². The molecule has 3 aromatic rings. The van der Waals surface area contributed by atoms with Crippen LogP contribution in [0.1, 0.15) is 21.7 Å². The number of hydrogen-bond acceptors (Lipinski definition) is 4. The lowest BCUT2D eigenvalue weighted by Gasteiger charge is -2.18. The second kappa shape index (κ2) is 9.41. The molecular weight excluding hydrogens is 356 g/mol. The van der Waals surface area contributed by atoms with Crippen molar-refractivity contribution >= 4 is 11.8 Å². The van der Waals surface area contributed by atoms with E-state index in [4.69, 9.17) is 9.15 Å². The van der Waals surface area contributed by atoms with Crippen LogP contribution in [0.25, 0.3) is 0 Å². The van der Waals surface area contributed by atoms with Crippen LogP contribution >= 0.6 is 0 Å². The van der Waals surface area contributed by atoms with Crippen molar-refractivity contribution in [2.24, 2.45) is 0 Å². The molecule has 0 aliphatic carbocycles. The quantitative estimate of drug-likeness (QED) is 0.632. The number of furan rings is 1. The minimum Gasteiger partial charge on any atom is -0.497 e. The summed E-state index contributed by atoms with van der Waals surface area (Å²) in [6.45, 7) is 0.256. The molecule has 28 heavy (non-hydrogen) atoms. The van der Waals surface area contributed by atoms with E-state index in [-0.39, 0.29) is 18.4 Å². The summed E-state index contributed by atoms with van der Waals surface area (Å²) in [5.74, 6) is 0.602. The summed E-state index contributed by atoms with van der Waals surface area (Å²) in [5, 5.41) is 5.64. The molecule has 0 aliphatic rings. The van der Waals surface area contributed by atoms with E-state index in [1.165, 1.54) is 7.11 Å². The fourth-order valence-electron chi connectivity index (χ4n) is 2.78. The standard InChI is InChI=1S/C22H22N2O4/c1-27-18-10-5-9-17(14-18)21(25)24-20(13-16-7-3-2-4-8-16)22(26)23-15-19-11-6-12-28-19/h2-12,14,20H,13,15H2,1H3,(H,23,26)(H,24,25)/t20-/m0/s1. The summed E-state index contributed by atoms with van der Waals surface area (Å²) >= 11 is 0. The molecule has 2 aromatic carbocycles.